The van der Waals surface area contributed by atoms with E-state index in [1.807, 2.05) is 6.07 Å². The van der Waals surface area contributed by atoms with Gasteiger partial charge in [-0.15, -0.1) is 0 Å². The highest BCUT2D eigenvalue weighted by molar-refractivity contribution is 6.42. The van der Waals surface area contributed by atoms with Gasteiger partial charge in [-0.05, 0) is 24.3 Å². The summed E-state index contributed by atoms with van der Waals surface area (Å²) in [5, 5.41) is 18.1. The Hall–Kier alpha value is -1.38. The Morgan fingerprint density at radius 1 is 0.750 bits per heavy atom. The number of hydrogen-bond donors (Lipinski definition) is 2. The van der Waals surface area contributed by atoms with Gasteiger partial charge in [-0.3, -0.25) is 0 Å². The summed E-state index contributed by atoms with van der Waals surface area (Å²) in [6, 6.07) is 13.4. The molecule has 0 fully saturated rings. The first-order valence-corrected chi connectivity index (χ1v) is 5.24. The number of phenols is 2. The third-order valence-corrected chi connectivity index (χ3v) is 2.50. The van der Waals surface area contributed by atoms with Crippen LogP contribution in [0.25, 0.3) is 0 Å². The molecule has 0 unspecified atom stereocenters. The summed E-state index contributed by atoms with van der Waals surface area (Å²) in [7, 11) is 0. The molecular formula is C12H10Cl2O2. The van der Waals surface area contributed by atoms with Crippen LogP contribution in [-0.2, 0) is 0 Å². The van der Waals surface area contributed by atoms with Crippen LogP contribution in [0.2, 0.25) is 10.0 Å². The smallest absolute Gasteiger partial charge is 0.135 e. The average Bonchev–Trinajstić information content (AvgIpc) is 2.28. The Morgan fingerprint density at radius 2 is 1.38 bits per heavy atom. The van der Waals surface area contributed by atoms with E-state index in [1.165, 1.54) is 6.07 Å². The number of para-hydroxylation sites is 1. The van der Waals surface area contributed by atoms with E-state index >= 15 is 0 Å². The molecule has 2 aromatic carbocycles. The first-order chi connectivity index (χ1) is 7.61. The molecule has 0 saturated heterocycles. The highest BCUT2D eigenvalue weighted by Gasteiger charge is 1.99. The molecule has 0 aliphatic carbocycles. The van der Waals surface area contributed by atoms with E-state index in [-0.39, 0.29) is 10.8 Å². The molecule has 2 N–H and O–H groups in total. The Labute approximate surface area is 104 Å². The van der Waals surface area contributed by atoms with E-state index in [0.29, 0.717) is 10.8 Å². The van der Waals surface area contributed by atoms with Crippen LogP contribution in [0.15, 0.2) is 48.5 Å². The van der Waals surface area contributed by atoms with Gasteiger partial charge in [-0.1, -0.05) is 47.5 Å². The number of benzene rings is 2. The molecule has 0 bridgehead atoms. The van der Waals surface area contributed by atoms with Crippen LogP contribution >= 0.6 is 23.2 Å². The predicted octanol–water partition coefficient (Wildman–Crippen LogP) is 4.09. The Morgan fingerprint density at radius 3 is 1.75 bits per heavy atom. The summed E-state index contributed by atoms with van der Waals surface area (Å²) >= 11 is 11.0. The molecule has 0 radical (unpaired) electrons. The van der Waals surface area contributed by atoms with E-state index in [2.05, 4.69) is 0 Å². The Balaban J connectivity index is 0.000000165. The van der Waals surface area contributed by atoms with Crippen molar-refractivity contribution in [1.29, 1.82) is 0 Å². The van der Waals surface area contributed by atoms with Crippen LogP contribution in [0.1, 0.15) is 0 Å². The molecule has 4 heteroatoms. The lowest BCUT2D eigenvalue weighted by atomic mass is 10.3. The molecule has 84 valence electrons. The average molecular weight is 257 g/mol. The van der Waals surface area contributed by atoms with Gasteiger partial charge in [0, 0.05) is 0 Å². The van der Waals surface area contributed by atoms with E-state index in [1.54, 1.807) is 36.4 Å². The second kappa shape index (κ2) is 6.26. The van der Waals surface area contributed by atoms with E-state index < -0.39 is 0 Å². The molecule has 0 atom stereocenters. The standard InChI is InChI=1S/C6H4Cl2O.C6H6O/c7-4-2-1-3-5(9)6(4)8;7-6-4-2-1-3-5-6/h1-3,9H;1-5,7H. The van der Waals surface area contributed by atoms with Crippen LogP contribution in [0, 0.1) is 0 Å². The van der Waals surface area contributed by atoms with Gasteiger partial charge in [0.1, 0.15) is 16.5 Å². The molecule has 0 aromatic heterocycles. The minimum atomic E-state index is 0.0177. The van der Waals surface area contributed by atoms with Crippen molar-refractivity contribution in [2.45, 2.75) is 0 Å². The number of hydrogen-bond acceptors (Lipinski definition) is 2. The van der Waals surface area contributed by atoms with Gasteiger partial charge in [0.15, 0.2) is 0 Å². The zero-order chi connectivity index (χ0) is 12.0. The zero-order valence-electron chi connectivity index (χ0n) is 8.27. The molecule has 0 aliphatic heterocycles. The fourth-order valence-electron chi connectivity index (χ4n) is 0.920. The first kappa shape index (κ1) is 12.7. The second-order valence-electron chi connectivity index (χ2n) is 2.91. The molecule has 0 aliphatic rings. The highest BCUT2D eigenvalue weighted by atomic mass is 35.5. The summed E-state index contributed by atoms with van der Waals surface area (Å²) in [4.78, 5) is 0. The van der Waals surface area contributed by atoms with Crippen molar-refractivity contribution in [3.63, 3.8) is 0 Å². The molecule has 2 aromatic rings. The van der Waals surface area contributed by atoms with Gasteiger partial charge in [0.25, 0.3) is 0 Å². The van der Waals surface area contributed by atoms with Gasteiger partial charge in [0.2, 0.25) is 0 Å². The van der Waals surface area contributed by atoms with Gasteiger partial charge >= 0.3 is 0 Å². The molecule has 0 saturated carbocycles. The fraction of sp³-hybridized carbons (Fsp3) is 0. The third kappa shape index (κ3) is 4.01. The molecule has 2 rings (SSSR count). The summed E-state index contributed by atoms with van der Waals surface area (Å²) in [5.41, 5.74) is 0. The molecule has 0 heterocycles. The van der Waals surface area contributed by atoms with Gasteiger partial charge < -0.3 is 10.2 Å². The molecule has 0 amide bonds. The van der Waals surface area contributed by atoms with E-state index in [4.69, 9.17) is 33.4 Å². The van der Waals surface area contributed by atoms with Crippen molar-refractivity contribution in [3.8, 4) is 11.5 Å². The van der Waals surface area contributed by atoms with Crippen molar-refractivity contribution in [2.75, 3.05) is 0 Å². The van der Waals surface area contributed by atoms with Crippen molar-refractivity contribution >= 4 is 23.2 Å². The largest absolute Gasteiger partial charge is 0.508 e. The van der Waals surface area contributed by atoms with Crippen LogP contribution in [-0.4, -0.2) is 10.2 Å². The molecule has 16 heavy (non-hydrogen) atoms. The molecular weight excluding hydrogens is 247 g/mol. The third-order valence-electron chi connectivity index (χ3n) is 1.69. The lowest BCUT2D eigenvalue weighted by molar-refractivity contribution is 0.475. The maximum atomic E-state index is 8.88. The van der Waals surface area contributed by atoms with Crippen molar-refractivity contribution in [2.24, 2.45) is 0 Å². The molecule has 2 nitrogen and oxygen atoms in total. The van der Waals surface area contributed by atoms with E-state index in [0.717, 1.165) is 0 Å². The number of aromatic hydroxyl groups is 2. The van der Waals surface area contributed by atoms with Gasteiger partial charge in [-0.2, -0.15) is 0 Å². The van der Waals surface area contributed by atoms with Crippen LogP contribution in [0.4, 0.5) is 0 Å². The number of halogens is 2. The monoisotopic (exact) mass is 256 g/mol. The quantitative estimate of drug-likeness (QED) is 0.746. The summed E-state index contributed by atoms with van der Waals surface area (Å²) in [6.45, 7) is 0. The predicted molar refractivity (Wildman–Crippen MR) is 66.2 cm³/mol. The second-order valence-corrected chi connectivity index (χ2v) is 3.69. The fourth-order valence-corrected chi connectivity index (χ4v) is 1.22. The summed E-state index contributed by atoms with van der Waals surface area (Å²) < 4.78 is 0. The minimum absolute atomic E-state index is 0.0177. The zero-order valence-corrected chi connectivity index (χ0v) is 9.78. The van der Waals surface area contributed by atoms with Crippen LogP contribution < -0.4 is 0 Å². The van der Waals surface area contributed by atoms with E-state index in [9.17, 15) is 0 Å². The minimum Gasteiger partial charge on any atom is -0.508 e. The topological polar surface area (TPSA) is 40.5 Å². The summed E-state index contributed by atoms with van der Waals surface area (Å²) in [5.74, 6) is 0.340. The SMILES string of the molecule is Oc1cccc(Cl)c1Cl.Oc1ccccc1. The van der Waals surface area contributed by atoms with Gasteiger partial charge in [0.05, 0.1) is 5.02 Å². The van der Waals surface area contributed by atoms with Crippen molar-refractivity contribution < 1.29 is 10.2 Å². The lowest BCUT2D eigenvalue weighted by Crippen LogP contribution is -1.67. The number of phenolic OH excluding ortho intramolecular Hbond substituents is 2. The van der Waals surface area contributed by atoms with Crippen molar-refractivity contribution in [1.82, 2.24) is 0 Å². The number of rotatable bonds is 0. The summed E-state index contributed by atoms with van der Waals surface area (Å²) in [6.07, 6.45) is 0. The Bertz CT molecular complexity index is 424. The van der Waals surface area contributed by atoms with Gasteiger partial charge in [-0.25, -0.2) is 0 Å². The maximum absolute atomic E-state index is 8.88. The maximum Gasteiger partial charge on any atom is 0.135 e. The van der Waals surface area contributed by atoms with Crippen LogP contribution in [0.5, 0.6) is 11.5 Å². The molecule has 0 spiro atoms. The normalized spacial score (nSPS) is 9.12. The first-order valence-electron chi connectivity index (χ1n) is 4.48. The Kier molecular flexibility index (Phi) is 4.96. The lowest BCUT2D eigenvalue weighted by Gasteiger charge is -1.95. The van der Waals surface area contributed by atoms with Crippen molar-refractivity contribution in [3.05, 3.63) is 58.6 Å². The highest BCUT2D eigenvalue weighted by Crippen LogP contribution is 2.29. The van der Waals surface area contributed by atoms with Crippen LogP contribution in [0.3, 0.4) is 0 Å².